The molecule has 0 bridgehead atoms. The summed E-state index contributed by atoms with van der Waals surface area (Å²) in [6, 6.07) is 8.49. The molecule has 1 unspecified atom stereocenters. The van der Waals surface area contributed by atoms with Crippen molar-refractivity contribution in [1.29, 1.82) is 5.26 Å². The number of hydrogen-bond donors (Lipinski definition) is 0. The van der Waals surface area contributed by atoms with Crippen LogP contribution in [-0.2, 0) is 22.4 Å². The summed E-state index contributed by atoms with van der Waals surface area (Å²) >= 11 is 1.53. The Morgan fingerprint density at radius 3 is 2.52 bits per heavy atom. The molecule has 5 rings (SSSR count). The van der Waals surface area contributed by atoms with Gasteiger partial charge in [-0.3, -0.25) is 24.6 Å². The molecular formula is C25H23N3O4S. The number of carbonyl (C=O) groups excluding carboxylic acids is 2. The summed E-state index contributed by atoms with van der Waals surface area (Å²) in [5.74, 6) is -0.519. The number of thiophene rings is 1. The van der Waals surface area contributed by atoms with E-state index >= 15 is 0 Å². The minimum Gasteiger partial charge on any atom is -0.294 e. The standard InChI is InChI=1S/C25H23N3O4S/c26-14-19-17-5-2-1-3-8-22(17)33-25(19)27-20-6-4-7-21(29)24(20)18(13-23(27)30)15-9-11-16(12-10-15)28(31)32/h9-12,18H,1-8,13H2. The van der Waals surface area contributed by atoms with Crippen LogP contribution in [-0.4, -0.2) is 16.6 Å². The van der Waals surface area contributed by atoms with Gasteiger partial charge in [0.05, 0.1) is 10.5 Å². The van der Waals surface area contributed by atoms with Crippen molar-refractivity contribution in [3.05, 3.63) is 67.2 Å². The molecule has 1 aromatic heterocycles. The monoisotopic (exact) mass is 461 g/mol. The minimum atomic E-state index is -0.460. The zero-order valence-electron chi connectivity index (χ0n) is 18.1. The van der Waals surface area contributed by atoms with Crippen LogP contribution >= 0.6 is 11.3 Å². The van der Waals surface area contributed by atoms with Crippen LogP contribution in [0.5, 0.6) is 0 Å². The minimum absolute atomic E-state index is 0.0220. The molecule has 2 aromatic rings. The van der Waals surface area contributed by atoms with Gasteiger partial charge in [0.15, 0.2) is 5.78 Å². The highest BCUT2D eigenvalue weighted by atomic mass is 32.1. The number of carbonyl (C=O) groups is 2. The first-order valence-corrected chi connectivity index (χ1v) is 12.2. The molecule has 33 heavy (non-hydrogen) atoms. The van der Waals surface area contributed by atoms with E-state index in [9.17, 15) is 25.0 Å². The van der Waals surface area contributed by atoms with Crippen molar-refractivity contribution >= 4 is 33.7 Å². The number of aryl methyl sites for hydroxylation is 1. The van der Waals surface area contributed by atoms with Gasteiger partial charge < -0.3 is 0 Å². The quantitative estimate of drug-likeness (QED) is 0.349. The second-order valence-electron chi connectivity index (χ2n) is 8.83. The topological polar surface area (TPSA) is 104 Å². The summed E-state index contributed by atoms with van der Waals surface area (Å²) in [4.78, 5) is 40.1. The van der Waals surface area contributed by atoms with Gasteiger partial charge in [0.25, 0.3) is 5.69 Å². The summed E-state index contributed by atoms with van der Waals surface area (Å²) in [7, 11) is 0. The van der Waals surface area contributed by atoms with Gasteiger partial charge in [-0.2, -0.15) is 5.26 Å². The number of anilines is 1. The highest BCUT2D eigenvalue weighted by Crippen LogP contribution is 2.48. The Bertz CT molecular complexity index is 1240. The lowest BCUT2D eigenvalue weighted by Gasteiger charge is -2.37. The molecule has 0 radical (unpaired) electrons. The Kier molecular flexibility index (Phi) is 5.59. The molecule has 1 aromatic carbocycles. The fourth-order valence-corrected chi connectivity index (χ4v) is 6.72. The lowest BCUT2D eigenvalue weighted by molar-refractivity contribution is -0.384. The van der Waals surface area contributed by atoms with E-state index in [-0.39, 0.29) is 23.8 Å². The van der Waals surface area contributed by atoms with E-state index < -0.39 is 10.8 Å². The Labute approximate surface area is 195 Å². The maximum atomic E-state index is 13.5. The number of nitriles is 1. The Morgan fingerprint density at radius 1 is 1.03 bits per heavy atom. The first-order chi connectivity index (χ1) is 16.0. The van der Waals surface area contributed by atoms with Gasteiger partial charge >= 0.3 is 0 Å². The zero-order chi connectivity index (χ0) is 23.1. The second-order valence-corrected chi connectivity index (χ2v) is 9.91. The number of Topliss-reactive ketones (excluding diaryl/α,β-unsaturated/α-hetero) is 1. The molecule has 0 saturated carbocycles. The van der Waals surface area contributed by atoms with Crippen molar-refractivity contribution in [3.8, 4) is 6.07 Å². The summed E-state index contributed by atoms with van der Waals surface area (Å²) < 4.78 is 0. The highest BCUT2D eigenvalue weighted by molar-refractivity contribution is 7.16. The van der Waals surface area contributed by atoms with Crippen LogP contribution in [0.2, 0.25) is 0 Å². The number of nitro groups is 1. The van der Waals surface area contributed by atoms with Gasteiger partial charge in [-0.1, -0.05) is 18.6 Å². The van der Waals surface area contributed by atoms with Crippen LogP contribution in [0.1, 0.15) is 72.4 Å². The van der Waals surface area contributed by atoms with E-state index in [1.54, 1.807) is 17.0 Å². The fraction of sp³-hybridized carbons (Fsp3) is 0.400. The Balaban J connectivity index is 1.63. The molecule has 8 heteroatoms. The zero-order valence-corrected chi connectivity index (χ0v) is 19.0. The second kappa shape index (κ2) is 8.56. The molecular weight excluding hydrogens is 438 g/mol. The third-order valence-corrected chi connectivity index (χ3v) is 8.18. The Morgan fingerprint density at radius 2 is 1.79 bits per heavy atom. The fourth-order valence-electron chi connectivity index (χ4n) is 5.34. The number of nitrogens with zero attached hydrogens (tertiary/aromatic N) is 3. The van der Waals surface area contributed by atoms with Crippen molar-refractivity contribution in [2.75, 3.05) is 4.90 Å². The van der Waals surface area contributed by atoms with E-state index in [1.807, 2.05) is 0 Å². The van der Waals surface area contributed by atoms with Crippen LogP contribution in [0.3, 0.4) is 0 Å². The number of hydrogen-bond acceptors (Lipinski definition) is 6. The molecule has 0 fully saturated rings. The predicted octanol–water partition coefficient (Wildman–Crippen LogP) is 5.32. The molecule has 1 atom stereocenters. The van der Waals surface area contributed by atoms with E-state index in [2.05, 4.69) is 6.07 Å². The summed E-state index contributed by atoms with van der Waals surface area (Å²) in [5.41, 5.74) is 3.71. The molecule has 0 spiro atoms. The van der Waals surface area contributed by atoms with E-state index in [1.165, 1.54) is 28.3 Å². The molecule has 168 valence electrons. The first-order valence-electron chi connectivity index (χ1n) is 11.4. The van der Waals surface area contributed by atoms with Gasteiger partial charge in [0, 0.05) is 47.0 Å². The summed E-state index contributed by atoms with van der Waals surface area (Å²) in [6.45, 7) is 0. The number of rotatable bonds is 3. The normalized spacial score (nSPS) is 20.7. The van der Waals surface area contributed by atoms with E-state index in [0.29, 0.717) is 41.1 Å². The van der Waals surface area contributed by atoms with Crippen LogP contribution in [0, 0.1) is 21.4 Å². The average molecular weight is 462 g/mol. The molecule has 0 N–H and O–H groups in total. The molecule has 1 aliphatic heterocycles. The van der Waals surface area contributed by atoms with Gasteiger partial charge in [-0.25, -0.2) is 0 Å². The number of allylic oxidation sites excluding steroid dienone is 2. The van der Waals surface area contributed by atoms with Gasteiger partial charge in [-0.05, 0) is 49.7 Å². The van der Waals surface area contributed by atoms with Crippen molar-refractivity contribution < 1.29 is 14.5 Å². The highest BCUT2D eigenvalue weighted by Gasteiger charge is 2.41. The summed E-state index contributed by atoms with van der Waals surface area (Å²) in [5, 5.41) is 21.7. The summed E-state index contributed by atoms with van der Waals surface area (Å²) in [6.07, 6.45) is 6.85. The van der Waals surface area contributed by atoms with Crippen molar-refractivity contribution in [1.82, 2.24) is 0 Å². The van der Waals surface area contributed by atoms with Crippen LogP contribution in [0.25, 0.3) is 0 Å². The number of benzene rings is 1. The van der Waals surface area contributed by atoms with Crippen LogP contribution < -0.4 is 4.90 Å². The lowest BCUT2D eigenvalue weighted by atomic mass is 9.77. The number of nitro benzene ring substituents is 1. The molecule has 1 amide bonds. The largest absolute Gasteiger partial charge is 0.294 e. The van der Waals surface area contributed by atoms with Crippen molar-refractivity contribution in [2.24, 2.45) is 0 Å². The number of non-ortho nitro benzene ring substituents is 1. The van der Waals surface area contributed by atoms with Crippen molar-refractivity contribution in [2.45, 2.75) is 63.7 Å². The van der Waals surface area contributed by atoms with Crippen LogP contribution in [0.4, 0.5) is 10.7 Å². The molecule has 3 aliphatic rings. The Hall–Kier alpha value is -3.31. The van der Waals surface area contributed by atoms with E-state index in [4.69, 9.17) is 0 Å². The predicted molar refractivity (Wildman–Crippen MR) is 124 cm³/mol. The molecule has 2 aliphatic carbocycles. The molecule has 0 saturated heterocycles. The SMILES string of the molecule is N#Cc1c(N2C(=O)CC(c3ccc([N+](=O)[O-])cc3)C3=C2CCCC3=O)sc2c1CCCCC2. The van der Waals surface area contributed by atoms with Gasteiger partial charge in [-0.15, -0.1) is 11.3 Å². The van der Waals surface area contributed by atoms with Crippen LogP contribution in [0.15, 0.2) is 35.5 Å². The van der Waals surface area contributed by atoms with E-state index in [0.717, 1.165) is 43.2 Å². The number of ketones is 1. The number of fused-ring (bicyclic) bond motifs is 1. The maximum Gasteiger partial charge on any atom is 0.269 e. The smallest absolute Gasteiger partial charge is 0.269 e. The van der Waals surface area contributed by atoms with Gasteiger partial charge in [0.1, 0.15) is 11.1 Å². The first kappa shape index (κ1) is 21.5. The van der Waals surface area contributed by atoms with Crippen molar-refractivity contribution in [3.63, 3.8) is 0 Å². The maximum absolute atomic E-state index is 13.5. The molecule has 2 heterocycles. The lowest BCUT2D eigenvalue weighted by Crippen LogP contribution is -2.40. The number of amides is 1. The molecule has 7 nitrogen and oxygen atoms in total. The third kappa shape index (κ3) is 3.66. The average Bonchev–Trinajstić information content (AvgIpc) is 2.98. The van der Waals surface area contributed by atoms with Gasteiger partial charge in [0.2, 0.25) is 5.91 Å². The third-order valence-electron chi connectivity index (χ3n) is 6.90.